The molecule has 2 aliphatic carbocycles. The van der Waals surface area contributed by atoms with Crippen molar-refractivity contribution in [3.63, 3.8) is 0 Å². The highest BCUT2D eigenvalue weighted by molar-refractivity contribution is 5.79. The number of guanidine groups is 1. The minimum absolute atomic E-state index is 0.886. The van der Waals surface area contributed by atoms with Crippen molar-refractivity contribution in [1.82, 2.24) is 15.5 Å². The van der Waals surface area contributed by atoms with Gasteiger partial charge in [-0.15, -0.1) is 0 Å². The average molecular weight is 280 g/mol. The van der Waals surface area contributed by atoms with E-state index in [1.165, 1.54) is 51.5 Å². The largest absolute Gasteiger partial charge is 0.356 e. The molecular formula is C16H32N4. The summed E-state index contributed by atoms with van der Waals surface area (Å²) in [4.78, 5) is 6.98. The van der Waals surface area contributed by atoms with Crippen LogP contribution >= 0.6 is 0 Å². The number of hydrogen-bond donors (Lipinski definition) is 2. The summed E-state index contributed by atoms with van der Waals surface area (Å²) in [6.45, 7) is 6.77. The molecule has 2 saturated carbocycles. The van der Waals surface area contributed by atoms with Crippen molar-refractivity contribution in [1.29, 1.82) is 0 Å². The summed E-state index contributed by atoms with van der Waals surface area (Å²) in [5.41, 5.74) is 0. The quantitative estimate of drug-likeness (QED) is 0.366. The fourth-order valence-electron chi connectivity index (χ4n) is 2.62. The van der Waals surface area contributed by atoms with Gasteiger partial charge in [-0.25, -0.2) is 0 Å². The number of nitrogens with one attached hydrogen (secondary N) is 2. The maximum Gasteiger partial charge on any atom is 0.191 e. The molecule has 20 heavy (non-hydrogen) atoms. The van der Waals surface area contributed by atoms with Crippen LogP contribution in [0.3, 0.4) is 0 Å². The van der Waals surface area contributed by atoms with Crippen LogP contribution in [0.5, 0.6) is 0 Å². The van der Waals surface area contributed by atoms with Crippen molar-refractivity contribution < 1.29 is 0 Å². The van der Waals surface area contributed by atoms with E-state index in [9.17, 15) is 0 Å². The van der Waals surface area contributed by atoms with Crippen molar-refractivity contribution in [3.8, 4) is 0 Å². The van der Waals surface area contributed by atoms with E-state index in [2.05, 4.69) is 27.4 Å². The van der Waals surface area contributed by atoms with Gasteiger partial charge < -0.3 is 10.6 Å². The van der Waals surface area contributed by atoms with E-state index in [0.29, 0.717) is 0 Å². The first-order valence-electron chi connectivity index (χ1n) is 8.52. The number of rotatable bonds is 10. The summed E-state index contributed by atoms with van der Waals surface area (Å²) in [7, 11) is 1.86. The Morgan fingerprint density at radius 1 is 1.10 bits per heavy atom. The van der Waals surface area contributed by atoms with Crippen LogP contribution in [0, 0.1) is 5.92 Å². The molecule has 0 saturated heterocycles. The molecule has 2 N–H and O–H groups in total. The van der Waals surface area contributed by atoms with Gasteiger partial charge in [-0.2, -0.15) is 0 Å². The summed E-state index contributed by atoms with van der Waals surface area (Å²) >= 11 is 0. The zero-order valence-electron chi connectivity index (χ0n) is 13.3. The molecule has 2 fully saturated rings. The van der Waals surface area contributed by atoms with Crippen molar-refractivity contribution in [2.75, 3.05) is 33.2 Å². The van der Waals surface area contributed by atoms with Crippen LogP contribution in [-0.4, -0.2) is 50.1 Å². The predicted octanol–water partition coefficient (Wildman–Crippen LogP) is 2.22. The van der Waals surface area contributed by atoms with Crippen LogP contribution in [0.2, 0.25) is 0 Å². The maximum absolute atomic E-state index is 4.29. The average Bonchev–Trinajstić information content (AvgIpc) is 3.32. The highest BCUT2D eigenvalue weighted by Gasteiger charge is 2.33. The van der Waals surface area contributed by atoms with Crippen LogP contribution in [0.15, 0.2) is 4.99 Å². The molecule has 0 aromatic rings. The van der Waals surface area contributed by atoms with Crippen molar-refractivity contribution >= 4 is 5.96 Å². The molecule has 0 spiro atoms. The lowest BCUT2D eigenvalue weighted by Crippen LogP contribution is -2.42. The fourth-order valence-corrected chi connectivity index (χ4v) is 2.62. The van der Waals surface area contributed by atoms with Crippen molar-refractivity contribution in [2.45, 2.75) is 57.9 Å². The second-order valence-corrected chi connectivity index (χ2v) is 6.30. The van der Waals surface area contributed by atoms with E-state index in [1.807, 2.05) is 7.05 Å². The summed E-state index contributed by atoms with van der Waals surface area (Å²) in [6, 6.07) is 0.886. The third kappa shape index (κ3) is 6.12. The van der Waals surface area contributed by atoms with E-state index in [4.69, 9.17) is 0 Å². The molecule has 0 aromatic heterocycles. The predicted molar refractivity (Wildman–Crippen MR) is 86.2 cm³/mol. The van der Waals surface area contributed by atoms with E-state index < -0.39 is 0 Å². The minimum atomic E-state index is 0.886. The molecule has 116 valence electrons. The van der Waals surface area contributed by atoms with Gasteiger partial charge in [0.2, 0.25) is 0 Å². The van der Waals surface area contributed by atoms with Crippen molar-refractivity contribution in [2.24, 2.45) is 10.9 Å². The maximum atomic E-state index is 4.29. The van der Waals surface area contributed by atoms with Crippen LogP contribution < -0.4 is 10.6 Å². The highest BCUT2D eigenvalue weighted by Crippen LogP contribution is 2.34. The molecule has 0 bridgehead atoms. The van der Waals surface area contributed by atoms with E-state index in [0.717, 1.165) is 37.6 Å². The third-order valence-corrected chi connectivity index (χ3v) is 4.24. The minimum Gasteiger partial charge on any atom is -0.356 e. The second kappa shape index (κ2) is 8.50. The number of hydrogen-bond acceptors (Lipinski definition) is 2. The van der Waals surface area contributed by atoms with Crippen LogP contribution in [0.25, 0.3) is 0 Å². The lowest BCUT2D eigenvalue weighted by atomic mass is 10.2. The van der Waals surface area contributed by atoms with Gasteiger partial charge in [-0.05, 0) is 38.0 Å². The molecular weight excluding hydrogens is 248 g/mol. The standard InChI is InChI=1S/C16H32N4/c1-3-4-5-10-18-16(17-2)19-11-12-20(15-8-9-15)13-14-6-7-14/h14-15H,3-13H2,1-2H3,(H2,17,18,19). The Morgan fingerprint density at radius 2 is 1.85 bits per heavy atom. The molecule has 2 rings (SSSR count). The molecule has 0 amide bonds. The molecule has 0 unspecified atom stereocenters. The summed E-state index contributed by atoms with van der Waals surface area (Å²) in [6.07, 6.45) is 9.53. The van der Waals surface area contributed by atoms with Gasteiger partial charge in [-0.1, -0.05) is 19.8 Å². The van der Waals surface area contributed by atoms with Gasteiger partial charge in [0.15, 0.2) is 5.96 Å². The zero-order chi connectivity index (χ0) is 14.2. The Labute approximate surface area is 124 Å². The van der Waals surface area contributed by atoms with Gasteiger partial charge in [0.1, 0.15) is 0 Å². The first-order valence-corrected chi connectivity index (χ1v) is 8.52. The van der Waals surface area contributed by atoms with Crippen LogP contribution in [0.1, 0.15) is 51.9 Å². The van der Waals surface area contributed by atoms with Gasteiger partial charge in [0.05, 0.1) is 0 Å². The van der Waals surface area contributed by atoms with Gasteiger partial charge in [0.25, 0.3) is 0 Å². The van der Waals surface area contributed by atoms with Gasteiger partial charge >= 0.3 is 0 Å². The molecule has 2 aliphatic rings. The topological polar surface area (TPSA) is 39.7 Å². The van der Waals surface area contributed by atoms with Crippen molar-refractivity contribution in [3.05, 3.63) is 0 Å². The Kier molecular flexibility index (Phi) is 6.64. The monoisotopic (exact) mass is 280 g/mol. The first kappa shape index (κ1) is 15.6. The van der Waals surface area contributed by atoms with Crippen LogP contribution in [0.4, 0.5) is 0 Å². The fraction of sp³-hybridized carbons (Fsp3) is 0.938. The second-order valence-electron chi connectivity index (χ2n) is 6.30. The SMILES string of the molecule is CCCCCNC(=NC)NCCN(CC1CC1)C1CC1. The third-order valence-electron chi connectivity index (χ3n) is 4.24. The lowest BCUT2D eigenvalue weighted by Gasteiger charge is -2.22. The number of nitrogens with zero attached hydrogens (tertiary/aromatic N) is 2. The summed E-state index contributed by atoms with van der Waals surface area (Å²) in [5.74, 6) is 1.96. The summed E-state index contributed by atoms with van der Waals surface area (Å²) in [5, 5.41) is 6.85. The Balaban J connectivity index is 1.57. The molecule has 4 heteroatoms. The highest BCUT2D eigenvalue weighted by atomic mass is 15.2. The molecule has 0 aliphatic heterocycles. The Morgan fingerprint density at radius 3 is 2.45 bits per heavy atom. The van der Waals surface area contributed by atoms with Gasteiger partial charge in [0, 0.05) is 39.3 Å². The smallest absolute Gasteiger partial charge is 0.191 e. The molecule has 0 aromatic carbocycles. The lowest BCUT2D eigenvalue weighted by molar-refractivity contribution is 0.256. The summed E-state index contributed by atoms with van der Waals surface area (Å²) < 4.78 is 0. The van der Waals surface area contributed by atoms with E-state index in [1.54, 1.807) is 0 Å². The molecule has 0 radical (unpaired) electrons. The Hall–Kier alpha value is -0.770. The molecule has 4 nitrogen and oxygen atoms in total. The number of unbranched alkanes of at least 4 members (excludes halogenated alkanes) is 2. The molecule has 0 heterocycles. The van der Waals surface area contributed by atoms with Gasteiger partial charge in [-0.3, -0.25) is 9.89 Å². The van der Waals surface area contributed by atoms with E-state index in [-0.39, 0.29) is 0 Å². The molecule has 0 atom stereocenters. The Bertz CT molecular complexity index is 295. The normalized spacial score (nSPS) is 19.4. The van der Waals surface area contributed by atoms with Crippen LogP contribution in [-0.2, 0) is 0 Å². The number of aliphatic imine (C=N–C) groups is 1. The van der Waals surface area contributed by atoms with E-state index >= 15 is 0 Å². The zero-order valence-corrected chi connectivity index (χ0v) is 13.3. The first-order chi connectivity index (χ1) is 9.83.